The largest absolute Gasteiger partial charge is 0.392 e. The molecule has 1 fully saturated rings. The predicted octanol–water partition coefficient (Wildman–Crippen LogP) is 1.69. The molecule has 18 heavy (non-hydrogen) atoms. The molecule has 100 valence electrons. The van der Waals surface area contributed by atoms with E-state index in [0.29, 0.717) is 6.04 Å². The molecule has 0 aliphatic heterocycles. The molecule has 0 spiro atoms. The average Bonchev–Trinajstić information content (AvgIpc) is 2.76. The van der Waals surface area contributed by atoms with E-state index in [9.17, 15) is 5.11 Å². The Balaban J connectivity index is 1.73. The van der Waals surface area contributed by atoms with Gasteiger partial charge in [-0.15, -0.1) is 0 Å². The molecule has 0 saturated heterocycles. The van der Waals surface area contributed by atoms with Crippen LogP contribution in [-0.4, -0.2) is 27.0 Å². The number of nitrogens with zero attached hydrogens (tertiary/aromatic N) is 2. The molecule has 1 heterocycles. The van der Waals surface area contributed by atoms with E-state index >= 15 is 0 Å². The normalized spacial score (nSPS) is 32.2. The standard InChI is InChI=1S/C14H23N3O/c1-17-13-7-4-6-11(10(13)9-15-17)16-12-5-2-3-8-14(12)18/h9,11-12,14,16,18H,2-8H2,1H3. The van der Waals surface area contributed by atoms with E-state index in [1.54, 1.807) is 0 Å². The van der Waals surface area contributed by atoms with Crippen LogP contribution in [0.2, 0.25) is 0 Å². The number of aryl methyl sites for hydroxylation is 1. The summed E-state index contributed by atoms with van der Waals surface area (Å²) in [5, 5.41) is 18.1. The molecule has 2 aliphatic rings. The molecule has 4 nitrogen and oxygen atoms in total. The van der Waals surface area contributed by atoms with E-state index in [0.717, 1.165) is 19.3 Å². The average molecular weight is 249 g/mol. The Morgan fingerprint density at radius 2 is 2.11 bits per heavy atom. The van der Waals surface area contributed by atoms with Crippen LogP contribution >= 0.6 is 0 Å². The van der Waals surface area contributed by atoms with Crippen LogP contribution in [0.4, 0.5) is 0 Å². The molecule has 2 aliphatic carbocycles. The fourth-order valence-electron chi connectivity index (χ4n) is 3.44. The van der Waals surface area contributed by atoms with E-state index in [1.807, 2.05) is 17.9 Å². The lowest BCUT2D eigenvalue weighted by Gasteiger charge is -2.34. The lowest BCUT2D eigenvalue weighted by molar-refractivity contribution is 0.0833. The van der Waals surface area contributed by atoms with Crippen LogP contribution in [0.1, 0.15) is 55.8 Å². The van der Waals surface area contributed by atoms with Gasteiger partial charge in [0.2, 0.25) is 0 Å². The Labute approximate surface area is 108 Å². The maximum atomic E-state index is 10.1. The molecule has 0 bridgehead atoms. The molecule has 4 heteroatoms. The third kappa shape index (κ3) is 2.19. The first-order valence-corrected chi connectivity index (χ1v) is 7.20. The van der Waals surface area contributed by atoms with Crippen molar-refractivity contribution in [1.29, 1.82) is 0 Å². The molecule has 0 radical (unpaired) electrons. The number of hydrogen-bond acceptors (Lipinski definition) is 3. The quantitative estimate of drug-likeness (QED) is 0.838. The summed E-state index contributed by atoms with van der Waals surface area (Å²) in [6.07, 6.45) is 9.81. The first-order valence-electron chi connectivity index (χ1n) is 7.20. The van der Waals surface area contributed by atoms with Crippen LogP contribution in [0.15, 0.2) is 6.20 Å². The van der Waals surface area contributed by atoms with Crippen LogP contribution in [0.5, 0.6) is 0 Å². The molecular formula is C14H23N3O. The van der Waals surface area contributed by atoms with Gasteiger partial charge in [-0.2, -0.15) is 5.10 Å². The Bertz CT molecular complexity index is 415. The number of aliphatic hydroxyl groups excluding tert-OH is 1. The fraction of sp³-hybridized carbons (Fsp3) is 0.786. The van der Waals surface area contributed by atoms with Gasteiger partial charge in [0.1, 0.15) is 0 Å². The SMILES string of the molecule is Cn1ncc2c1CCCC2NC1CCCCC1O. The van der Waals surface area contributed by atoms with Gasteiger partial charge in [-0.25, -0.2) is 0 Å². The van der Waals surface area contributed by atoms with Crippen molar-refractivity contribution in [3.05, 3.63) is 17.5 Å². The van der Waals surface area contributed by atoms with Gasteiger partial charge in [0.25, 0.3) is 0 Å². The fourth-order valence-corrected chi connectivity index (χ4v) is 3.44. The van der Waals surface area contributed by atoms with Crippen LogP contribution in [0.25, 0.3) is 0 Å². The van der Waals surface area contributed by atoms with Gasteiger partial charge in [0.15, 0.2) is 0 Å². The van der Waals surface area contributed by atoms with Gasteiger partial charge >= 0.3 is 0 Å². The van der Waals surface area contributed by atoms with Crippen molar-refractivity contribution in [2.45, 2.75) is 63.1 Å². The first kappa shape index (κ1) is 12.2. The van der Waals surface area contributed by atoms with Gasteiger partial charge in [-0.05, 0) is 32.1 Å². The minimum atomic E-state index is -0.166. The van der Waals surface area contributed by atoms with Crippen molar-refractivity contribution in [2.75, 3.05) is 0 Å². The minimum absolute atomic E-state index is 0.166. The lowest BCUT2D eigenvalue weighted by atomic mass is 9.88. The van der Waals surface area contributed by atoms with E-state index in [2.05, 4.69) is 10.4 Å². The van der Waals surface area contributed by atoms with Crippen LogP contribution in [0, 0.1) is 0 Å². The zero-order valence-corrected chi connectivity index (χ0v) is 11.1. The molecular weight excluding hydrogens is 226 g/mol. The molecule has 1 aromatic rings. The summed E-state index contributed by atoms with van der Waals surface area (Å²) in [6.45, 7) is 0. The highest BCUT2D eigenvalue weighted by Gasteiger charge is 2.29. The molecule has 3 unspecified atom stereocenters. The van der Waals surface area contributed by atoms with Crippen molar-refractivity contribution in [2.24, 2.45) is 7.05 Å². The maximum Gasteiger partial charge on any atom is 0.0693 e. The number of fused-ring (bicyclic) bond motifs is 1. The molecule has 3 atom stereocenters. The van der Waals surface area contributed by atoms with E-state index in [1.165, 1.54) is 36.9 Å². The third-order valence-electron chi connectivity index (χ3n) is 4.52. The van der Waals surface area contributed by atoms with E-state index in [-0.39, 0.29) is 12.1 Å². The highest BCUT2D eigenvalue weighted by atomic mass is 16.3. The topological polar surface area (TPSA) is 50.1 Å². The molecule has 1 aromatic heterocycles. The molecule has 0 amide bonds. The van der Waals surface area contributed by atoms with Crippen molar-refractivity contribution in [1.82, 2.24) is 15.1 Å². The number of hydrogen-bond donors (Lipinski definition) is 2. The predicted molar refractivity (Wildman–Crippen MR) is 70.3 cm³/mol. The van der Waals surface area contributed by atoms with Crippen molar-refractivity contribution < 1.29 is 5.11 Å². The number of aromatic nitrogens is 2. The summed E-state index contributed by atoms with van der Waals surface area (Å²) in [5.41, 5.74) is 2.71. The summed E-state index contributed by atoms with van der Waals surface area (Å²) < 4.78 is 2.00. The monoisotopic (exact) mass is 249 g/mol. The van der Waals surface area contributed by atoms with Gasteiger partial charge < -0.3 is 10.4 Å². The van der Waals surface area contributed by atoms with Gasteiger partial charge in [0.05, 0.1) is 12.3 Å². The van der Waals surface area contributed by atoms with Crippen LogP contribution in [-0.2, 0) is 13.5 Å². The second-order valence-corrected chi connectivity index (χ2v) is 5.74. The molecule has 0 aromatic carbocycles. The van der Waals surface area contributed by atoms with Crippen molar-refractivity contribution in [3.8, 4) is 0 Å². The second kappa shape index (κ2) is 5.02. The van der Waals surface area contributed by atoms with Crippen LogP contribution < -0.4 is 5.32 Å². The Hall–Kier alpha value is -0.870. The first-order chi connectivity index (χ1) is 8.75. The number of nitrogens with one attached hydrogen (secondary N) is 1. The third-order valence-corrected chi connectivity index (χ3v) is 4.52. The number of rotatable bonds is 2. The Morgan fingerprint density at radius 1 is 1.28 bits per heavy atom. The lowest BCUT2D eigenvalue weighted by Crippen LogP contribution is -2.44. The summed E-state index contributed by atoms with van der Waals surface area (Å²) in [6, 6.07) is 0.662. The zero-order chi connectivity index (χ0) is 12.5. The van der Waals surface area contributed by atoms with Crippen molar-refractivity contribution in [3.63, 3.8) is 0 Å². The van der Waals surface area contributed by atoms with Gasteiger partial charge in [-0.1, -0.05) is 12.8 Å². The molecule has 3 rings (SSSR count). The zero-order valence-electron chi connectivity index (χ0n) is 11.1. The van der Waals surface area contributed by atoms with Gasteiger partial charge in [0, 0.05) is 30.4 Å². The van der Waals surface area contributed by atoms with E-state index in [4.69, 9.17) is 0 Å². The van der Waals surface area contributed by atoms with Crippen molar-refractivity contribution >= 4 is 0 Å². The van der Waals surface area contributed by atoms with Crippen LogP contribution in [0.3, 0.4) is 0 Å². The summed E-state index contributed by atoms with van der Waals surface area (Å²) in [4.78, 5) is 0. The highest BCUT2D eigenvalue weighted by Crippen LogP contribution is 2.31. The summed E-state index contributed by atoms with van der Waals surface area (Å²) >= 11 is 0. The highest BCUT2D eigenvalue weighted by molar-refractivity contribution is 5.24. The van der Waals surface area contributed by atoms with Gasteiger partial charge in [-0.3, -0.25) is 4.68 Å². The number of aliphatic hydroxyl groups is 1. The summed E-state index contributed by atoms with van der Waals surface area (Å²) in [5.74, 6) is 0. The van der Waals surface area contributed by atoms with E-state index < -0.39 is 0 Å². The Morgan fingerprint density at radius 3 is 2.94 bits per heavy atom. The second-order valence-electron chi connectivity index (χ2n) is 5.74. The molecule has 1 saturated carbocycles. The minimum Gasteiger partial charge on any atom is -0.392 e. The maximum absolute atomic E-state index is 10.1. The summed E-state index contributed by atoms with van der Waals surface area (Å²) in [7, 11) is 2.02. The Kier molecular flexibility index (Phi) is 3.39. The smallest absolute Gasteiger partial charge is 0.0693 e. The molecule has 2 N–H and O–H groups in total.